The van der Waals surface area contributed by atoms with Gasteiger partial charge in [0.15, 0.2) is 11.5 Å². The molecule has 2 atom stereocenters. The Hall–Kier alpha value is -1.62. The van der Waals surface area contributed by atoms with Crippen LogP contribution < -0.4 is 9.47 Å². The van der Waals surface area contributed by atoms with Gasteiger partial charge in [0.25, 0.3) is 0 Å². The monoisotopic (exact) mass is 544 g/mol. The van der Waals surface area contributed by atoms with Crippen LogP contribution in [0.5, 0.6) is 11.5 Å². The smallest absolute Gasteiger partial charge is 0.204 e. The summed E-state index contributed by atoms with van der Waals surface area (Å²) in [5.74, 6) is 3.27. The van der Waals surface area contributed by atoms with E-state index < -0.39 is 11.6 Å². The van der Waals surface area contributed by atoms with Gasteiger partial charge >= 0.3 is 0 Å². The van der Waals surface area contributed by atoms with Crippen molar-refractivity contribution in [2.45, 2.75) is 103 Å². The maximum Gasteiger partial charge on any atom is 0.204 e. The van der Waals surface area contributed by atoms with Crippen molar-refractivity contribution in [2.75, 3.05) is 19.8 Å². The molecule has 1 saturated heterocycles. The quantitative estimate of drug-likeness (QED) is 0.290. The summed E-state index contributed by atoms with van der Waals surface area (Å²) in [6.07, 6.45) is 20.7. The van der Waals surface area contributed by atoms with Crippen LogP contribution in [0.15, 0.2) is 24.8 Å². The number of rotatable bonds is 9. The molecule has 5 rings (SSSR count). The standard InChI is InChI=1S/C34H50F2O3/c1-3-23-5-9-27(10-6-23)29-17-18-30(39-22-29)28-15-13-26(14-16-28)25-11-7-24(8-12-25)21-38-32-20-19-31(37-4-2)33(35)34(32)36/h3,19-20,23-30H,1,4-18,21-22H2,2H3. The van der Waals surface area contributed by atoms with Crippen LogP contribution in [-0.4, -0.2) is 25.9 Å². The zero-order valence-corrected chi connectivity index (χ0v) is 24.1. The fraction of sp³-hybridized carbons (Fsp3) is 0.765. The Kier molecular flexibility index (Phi) is 10.2. The van der Waals surface area contributed by atoms with Crippen LogP contribution in [0.3, 0.4) is 0 Å². The van der Waals surface area contributed by atoms with Crippen LogP contribution in [0.1, 0.15) is 96.8 Å². The van der Waals surface area contributed by atoms with Crippen LogP contribution in [0, 0.1) is 53.1 Å². The van der Waals surface area contributed by atoms with Crippen molar-refractivity contribution < 1.29 is 23.0 Å². The summed E-state index contributed by atoms with van der Waals surface area (Å²) in [6.45, 7) is 7.50. The van der Waals surface area contributed by atoms with E-state index >= 15 is 0 Å². The molecule has 0 bridgehead atoms. The van der Waals surface area contributed by atoms with E-state index in [-0.39, 0.29) is 11.5 Å². The van der Waals surface area contributed by atoms with Gasteiger partial charge in [-0.2, -0.15) is 8.78 Å². The minimum absolute atomic E-state index is 0.00674. The van der Waals surface area contributed by atoms with Gasteiger partial charge in [-0.15, -0.1) is 6.58 Å². The predicted molar refractivity (Wildman–Crippen MR) is 152 cm³/mol. The van der Waals surface area contributed by atoms with E-state index in [9.17, 15) is 8.78 Å². The summed E-state index contributed by atoms with van der Waals surface area (Å²) in [5.41, 5.74) is 0. The maximum atomic E-state index is 14.3. The number of halogens is 2. The first kappa shape index (κ1) is 28.9. The molecule has 4 aliphatic rings. The van der Waals surface area contributed by atoms with E-state index in [0.717, 1.165) is 55.0 Å². The largest absolute Gasteiger partial charge is 0.491 e. The maximum absolute atomic E-state index is 14.3. The van der Waals surface area contributed by atoms with Crippen molar-refractivity contribution >= 4 is 0 Å². The SMILES string of the molecule is C=CC1CCC(C2CCC(C3CCC(C4CCC(COc5ccc(OCC)c(F)c5F)CC4)CC3)OC2)CC1. The second kappa shape index (κ2) is 13.8. The molecule has 0 spiro atoms. The van der Waals surface area contributed by atoms with Crippen molar-refractivity contribution in [3.8, 4) is 11.5 Å². The number of allylic oxidation sites excluding steroid dienone is 1. The van der Waals surface area contributed by atoms with Crippen LogP contribution in [-0.2, 0) is 4.74 Å². The molecule has 3 saturated carbocycles. The second-order valence-corrected chi connectivity index (χ2v) is 13.0. The Bertz CT molecular complexity index is 903. The molecule has 0 aromatic heterocycles. The molecule has 1 aromatic carbocycles. The highest BCUT2D eigenvalue weighted by Gasteiger charge is 2.37. The third kappa shape index (κ3) is 7.18. The zero-order chi connectivity index (χ0) is 27.2. The van der Waals surface area contributed by atoms with Gasteiger partial charge in [0.1, 0.15) is 0 Å². The molecule has 2 unspecified atom stereocenters. The van der Waals surface area contributed by atoms with E-state index in [1.54, 1.807) is 6.92 Å². The van der Waals surface area contributed by atoms with Gasteiger partial charge in [0.05, 0.1) is 25.9 Å². The third-order valence-electron chi connectivity index (χ3n) is 10.8. The molecule has 3 aliphatic carbocycles. The molecule has 218 valence electrons. The number of hydrogen-bond donors (Lipinski definition) is 0. The molecule has 39 heavy (non-hydrogen) atoms. The van der Waals surface area contributed by atoms with Gasteiger partial charge in [-0.25, -0.2) is 0 Å². The van der Waals surface area contributed by atoms with Gasteiger partial charge in [0.2, 0.25) is 11.6 Å². The first-order valence-electron chi connectivity index (χ1n) is 16.0. The van der Waals surface area contributed by atoms with Gasteiger partial charge in [-0.3, -0.25) is 0 Å². The topological polar surface area (TPSA) is 27.7 Å². The fourth-order valence-electron chi connectivity index (χ4n) is 8.30. The highest BCUT2D eigenvalue weighted by Crippen LogP contribution is 2.45. The Morgan fingerprint density at radius 1 is 0.718 bits per heavy atom. The van der Waals surface area contributed by atoms with Gasteiger partial charge < -0.3 is 14.2 Å². The molecular formula is C34H50F2O3. The van der Waals surface area contributed by atoms with E-state index in [4.69, 9.17) is 14.2 Å². The molecule has 3 nitrogen and oxygen atoms in total. The normalized spacial score (nSPS) is 35.8. The summed E-state index contributed by atoms with van der Waals surface area (Å²) in [5, 5.41) is 0. The molecule has 0 N–H and O–H groups in total. The molecule has 4 fully saturated rings. The van der Waals surface area contributed by atoms with Crippen LogP contribution in [0.2, 0.25) is 0 Å². The molecule has 1 aromatic rings. The van der Waals surface area contributed by atoms with Crippen molar-refractivity contribution in [1.29, 1.82) is 0 Å². The number of ether oxygens (including phenoxy) is 3. The Morgan fingerprint density at radius 3 is 1.79 bits per heavy atom. The average molecular weight is 545 g/mol. The van der Waals surface area contributed by atoms with Gasteiger partial charge in [0, 0.05) is 0 Å². The summed E-state index contributed by atoms with van der Waals surface area (Å²) in [4.78, 5) is 0. The summed E-state index contributed by atoms with van der Waals surface area (Å²) in [6, 6.07) is 2.94. The van der Waals surface area contributed by atoms with E-state index in [1.807, 2.05) is 0 Å². The van der Waals surface area contributed by atoms with E-state index in [2.05, 4.69) is 12.7 Å². The lowest BCUT2D eigenvalue weighted by molar-refractivity contribution is -0.0753. The number of benzene rings is 1. The summed E-state index contributed by atoms with van der Waals surface area (Å²) >= 11 is 0. The minimum atomic E-state index is -0.960. The fourth-order valence-corrected chi connectivity index (χ4v) is 8.30. The molecule has 0 radical (unpaired) electrons. The van der Waals surface area contributed by atoms with Crippen LogP contribution >= 0.6 is 0 Å². The lowest BCUT2D eigenvalue weighted by Crippen LogP contribution is -2.38. The number of hydrogen-bond acceptors (Lipinski definition) is 3. The van der Waals surface area contributed by atoms with E-state index in [0.29, 0.717) is 25.2 Å². The summed E-state index contributed by atoms with van der Waals surface area (Å²) in [7, 11) is 0. The lowest BCUT2D eigenvalue weighted by Gasteiger charge is -2.42. The summed E-state index contributed by atoms with van der Waals surface area (Å²) < 4.78 is 45.9. The average Bonchev–Trinajstić information content (AvgIpc) is 3.00. The molecule has 1 heterocycles. The van der Waals surface area contributed by atoms with E-state index in [1.165, 1.54) is 89.2 Å². The highest BCUT2D eigenvalue weighted by molar-refractivity contribution is 5.35. The van der Waals surface area contributed by atoms with Gasteiger partial charge in [-0.05, 0) is 150 Å². The highest BCUT2D eigenvalue weighted by atomic mass is 19.2. The first-order chi connectivity index (χ1) is 19.1. The zero-order valence-electron chi connectivity index (χ0n) is 24.1. The second-order valence-electron chi connectivity index (χ2n) is 13.0. The Balaban J connectivity index is 0.987. The first-order valence-corrected chi connectivity index (χ1v) is 16.0. The molecule has 1 aliphatic heterocycles. The predicted octanol–water partition coefficient (Wildman–Crippen LogP) is 9.14. The van der Waals surface area contributed by atoms with Crippen LogP contribution in [0.25, 0.3) is 0 Å². The van der Waals surface area contributed by atoms with Crippen LogP contribution in [0.4, 0.5) is 8.78 Å². The van der Waals surface area contributed by atoms with Gasteiger partial charge in [-0.1, -0.05) is 6.08 Å². The van der Waals surface area contributed by atoms with Crippen molar-refractivity contribution in [3.63, 3.8) is 0 Å². The lowest BCUT2D eigenvalue weighted by atomic mass is 9.67. The minimum Gasteiger partial charge on any atom is -0.491 e. The van der Waals surface area contributed by atoms with Crippen molar-refractivity contribution in [3.05, 3.63) is 36.4 Å². The van der Waals surface area contributed by atoms with Crippen molar-refractivity contribution in [2.24, 2.45) is 41.4 Å². The molecule has 5 heteroatoms. The third-order valence-corrected chi connectivity index (χ3v) is 10.8. The Morgan fingerprint density at radius 2 is 1.23 bits per heavy atom. The van der Waals surface area contributed by atoms with Crippen molar-refractivity contribution in [1.82, 2.24) is 0 Å². The molecular weight excluding hydrogens is 494 g/mol. The molecule has 0 amide bonds. The Labute approximate surface area is 235 Å².